The lowest BCUT2D eigenvalue weighted by atomic mass is 10.1. The molecule has 0 aliphatic heterocycles. The highest BCUT2D eigenvalue weighted by Crippen LogP contribution is 2.13. The fraction of sp³-hybridized carbons (Fsp3) is 0.500. The van der Waals surface area contributed by atoms with E-state index >= 15 is 0 Å². The molecule has 0 unspecified atom stereocenters. The second-order valence-electron chi connectivity index (χ2n) is 6.61. The molecule has 0 radical (unpaired) electrons. The fourth-order valence-corrected chi connectivity index (χ4v) is 3.00. The highest BCUT2D eigenvalue weighted by molar-refractivity contribution is 7.89. The van der Waals surface area contributed by atoms with Gasteiger partial charge < -0.3 is 15.4 Å². The number of hydrogen-bond acceptors (Lipinski definition) is 6. The lowest BCUT2D eigenvalue weighted by Crippen LogP contribution is -2.38. The molecule has 0 spiro atoms. The summed E-state index contributed by atoms with van der Waals surface area (Å²) in [6, 6.07) is 5.55. The molecule has 28 heavy (non-hydrogen) atoms. The van der Waals surface area contributed by atoms with E-state index in [0.29, 0.717) is 5.69 Å². The molecule has 10 heteroatoms. The Bertz CT molecular complexity index is 790. The number of sulfonamides is 1. The second kappa shape index (κ2) is 10.8. The van der Waals surface area contributed by atoms with E-state index in [4.69, 9.17) is 4.74 Å². The highest BCUT2D eigenvalue weighted by Gasteiger charge is 2.16. The summed E-state index contributed by atoms with van der Waals surface area (Å²) >= 11 is 0. The first-order valence-electron chi connectivity index (χ1n) is 8.83. The number of ether oxygens (including phenoxy) is 1. The highest BCUT2D eigenvalue weighted by atomic mass is 32.2. The van der Waals surface area contributed by atoms with Gasteiger partial charge in [-0.1, -0.05) is 13.8 Å². The molecule has 0 aliphatic carbocycles. The Morgan fingerprint density at radius 3 is 2.21 bits per heavy atom. The normalized spacial score (nSPS) is 12.3. The molecule has 9 nitrogen and oxygen atoms in total. The Labute approximate surface area is 165 Å². The maximum absolute atomic E-state index is 12.2. The zero-order valence-corrected chi connectivity index (χ0v) is 17.3. The third kappa shape index (κ3) is 8.49. The van der Waals surface area contributed by atoms with Crippen molar-refractivity contribution in [2.75, 3.05) is 18.5 Å². The van der Waals surface area contributed by atoms with Gasteiger partial charge >= 0.3 is 5.97 Å². The average Bonchev–Trinajstić information content (AvgIpc) is 2.59. The number of rotatable bonds is 10. The Hall–Kier alpha value is -2.46. The van der Waals surface area contributed by atoms with Gasteiger partial charge in [-0.15, -0.1) is 0 Å². The van der Waals surface area contributed by atoms with Crippen LogP contribution in [-0.4, -0.2) is 45.4 Å². The van der Waals surface area contributed by atoms with Crippen molar-refractivity contribution in [1.82, 2.24) is 10.0 Å². The van der Waals surface area contributed by atoms with Gasteiger partial charge in [0, 0.05) is 25.2 Å². The molecule has 0 aromatic heterocycles. The van der Waals surface area contributed by atoms with Crippen LogP contribution in [0, 0.1) is 5.92 Å². The molecule has 1 rings (SSSR count). The summed E-state index contributed by atoms with van der Waals surface area (Å²) < 4.78 is 31.5. The van der Waals surface area contributed by atoms with Crippen molar-refractivity contribution in [1.29, 1.82) is 0 Å². The first-order chi connectivity index (χ1) is 13.0. The molecule has 0 bridgehead atoms. The molecule has 0 saturated heterocycles. The Morgan fingerprint density at radius 1 is 1.07 bits per heavy atom. The molecule has 3 N–H and O–H groups in total. The van der Waals surface area contributed by atoms with E-state index in [1.165, 1.54) is 31.2 Å². The van der Waals surface area contributed by atoms with Gasteiger partial charge in [-0.3, -0.25) is 14.4 Å². The molecule has 1 atom stereocenters. The number of anilines is 1. The van der Waals surface area contributed by atoms with Crippen LogP contribution >= 0.6 is 0 Å². The predicted molar refractivity (Wildman–Crippen MR) is 104 cm³/mol. The number of carbonyl (C=O) groups excluding carboxylic acids is 3. The van der Waals surface area contributed by atoms with Crippen molar-refractivity contribution in [2.24, 2.45) is 5.92 Å². The van der Waals surface area contributed by atoms with E-state index in [0.717, 1.165) is 0 Å². The van der Waals surface area contributed by atoms with Crippen molar-refractivity contribution >= 4 is 33.5 Å². The van der Waals surface area contributed by atoms with Crippen LogP contribution in [0.25, 0.3) is 0 Å². The predicted octanol–water partition coefficient (Wildman–Crippen LogP) is 1.02. The maximum Gasteiger partial charge on any atom is 0.307 e. The lowest BCUT2D eigenvalue weighted by molar-refractivity contribution is -0.148. The topological polar surface area (TPSA) is 131 Å². The molecule has 0 aliphatic rings. The average molecular weight is 413 g/mol. The minimum absolute atomic E-state index is 0.00276. The van der Waals surface area contributed by atoms with Gasteiger partial charge in [0.05, 0.1) is 11.3 Å². The maximum atomic E-state index is 12.2. The van der Waals surface area contributed by atoms with Crippen molar-refractivity contribution < 1.29 is 27.5 Å². The Balaban J connectivity index is 2.41. The Morgan fingerprint density at radius 2 is 1.68 bits per heavy atom. The summed E-state index contributed by atoms with van der Waals surface area (Å²) in [5.74, 6) is -1.11. The molecular weight excluding hydrogens is 386 g/mol. The monoisotopic (exact) mass is 413 g/mol. The standard InChI is InChI=1S/C18H27N3O6S/c1-12(2)13(3)20-17(23)11-27-18(24)9-10-19-28(25,26)16-7-5-15(6-8-16)21-14(4)22/h5-8,12-13,19H,9-11H2,1-4H3,(H,20,23)(H,21,22)/t13-/m0/s1. The van der Waals surface area contributed by atoms with Crippen LogP contribution in [0.15, 0.2) is 29.2 Å². The van der Waals surface area contributed by atoms with Crippen molar-refractivity contribution in [3.63, 3.8) is 0 Å². The fourth-order valence-electron chi connectivity index (χ4n) is 1.97. The van der Waals surface area contributed by atoms with Crippen molar-refractivity contribution in [3.8, 4) is 0 Å². The largest absolute Gasteiger partial charge is 0.456 e. The van der Waals surface area contributed by atoms with Crippen molar-refractivity contribution in [3.05, 3.63) is 24.3 Å². The summed E-state index contributed by atoms with van der Waals surface area (Å²) in [6.45, 7) is 6.53. The lowest BCUT2D eigenvalue weighted by Gasteiger charge is -2.17. The first-order valence-corrected chi connectivity index (χ1v) is 10.3. The summed E-state index contributed by atoms with van der Waals surface area (Å²) in [5.41, 5.74) is 0.472. The molecule has 1 aromatic rings. The molecule has 0 saturated carbocycles. The molecule has 1 aromatic carbocycles. The van der Waals surface area contributed by atoms with E-state index < -0.39 is 28.5 Å². The van der Waals surface area contributed by atoms with E-state index in [9.17, 15) is 22.8 Å². The van der Waals surface area contributed by atoms with Crippen LogP contribution < -0.4 is 15.4 Å². The van der Waals surface area contributed by atoms with Crippen LogP contribution in [0.3, 0.4) is 0 Å². The van der Waals surface area contributed by atoms with Crippen LogP contribution in [0.4, 0.5) is 5.69 Å². The zero-order chi connectivity index (χ0) is 21.3. The molecule has 2 amide bonds. The zero-order valence-electron chi connectivity index (χ0n) is 16.4. The number of nitrogens with one attached hydrogen (secondary N) is 3. The van der Waals surface area contributed by atoms with E-state index in [1.54, 1.807) is 0 Å². The molecule has 0 fully saturated rings. The molecule has 156 valence electrons. The summed E-state index contributed by atoms with van der Waals surface area (Å²) in [6.07, 6.45) is -0.212. The quantitative estimate of drug-likeness (QED) is 0.491. The molecule has 0 heterocycles. The van der Waals surface area contributed by atoms with Crippen LogP contribution in [0.1, 0.15) is 34.1 Å². The smallest absolute Gasteiger partial charge is 0.307 e. The van der Waals surface area contributed by atoms with E-state index in [1.807, 2.05) is 20.8 Å². The molecular formula is C18H27N3O6S. The minimum Gasteiger partial charge on any atom is -0.456 e. The van der Waals surface area contributed by atoms with Crippen LogP contribution in [0.2, 0.25) is 0 Å². The number of esters is 1. The van der Waals surface area contributed by atoms with Gasteiger partial charge in [0.15, 0.2) is 6.61 Å². The van der Waals surface area contributed by atoms with Gasteiger partial charge in [0.2, 0.25) is 15.9 Å². The van der Waals surface area contributed by atoms with Gasteiger partial charge in [0.1, 0.15) is 0 Å². The summed E-state index contributed by atoms with van der Waals surface area (Å²) in [5, 5.41) is 5.23. The number of hydrogen-bond donors (Lipinski definition) is 3. The Kier molecular flexibility index (Phi) is 9.07. The van der Waals surface area contributed by atoms with E-state index in [2.05, 4.69) is 15.4 Å². The van der Waals surface area contributed by atoms with Gasteiger partial charge in [-0.25, -0.2) is 13.1 Å². The van der Waals surface area contributed by atoms with Crippen LogP contribution in [-0.2, 0) is 29.1 Å². The van der Waals surface area contributed by atoms with Gasteiger partial charge in [0.25, 0.3) is 5.91 Å². The first kappa shape index (κ1) is 23.6. The number of benzene rings is 1. The third-order valence-corrected chi connectivity index (χ3v) is 5.34. The SMILES string of the molecule is CC(=O)Nc1ccc(S(=O)(=O)NCCC(=O)OCC(=O)N[C@@H](C)C(C)C)cc1. The van der Waals surface area contributed by atoms with Crippen molar-refractivity contribution in [2.45, 2.75) is 45.1 Å². The minimum atomic E-state index is -3.81. The summed E-state index contributed by atoms with van der Waals surface area (Å²) in [4.78, 5) is 34.3. The number of carbonyl (C=O) groups is 3. The second-order valence-corrected chi connectivity index (χ2v) is 8.38. The van der Waals surface area contributed by atoms with Gasteiger partial charge in [-0.2, -0.15) is 0 Å². The van der Waals surface area contributed by atoms with Crippen LogP contribution in [0.5, 0.6) is 0 Å². The number of amides is 2. The van der Waals surface area contributed by atoms with E-state index in [-0.39, 0.29) is 35.7 Å². The summed E-state index contributed by atoms with van der Waals surface area (Å²) in [7, 11) is -3.81. The third-order valence-electron chi connectivity index (χ3n) is 3.86. The van der Waals surface area contributed by atoms with Gasteiger partial charge in [-0.05, 0) is 37.1 Å².